The van der Waals surface area contributed by atoms with Crippen molar-refractivity contribution in [3.63, 3.8) is 0 Å². The first kappa shape index (κ1) is 14.3. The van der Waals surface area contributed by atoms with E-state index in [4.69, 9.17) is 0 Å². The van der Waals surface area contributed by atoms with Crippen LogP contribution in [0.5, 0.6) is 0 Å². The molecule has 2 N–H and O–H groups in total. The maximum Gasteiger partial charge on any atom is 0.256 e. The van der Waals surface area contributed by atoms with Crippen LogP contribution in [0.2, 0.25) is 0 Å². The molecule has 0 unspecified atom stereocenters. The van der Waals surface area contributed by atoms with Gasteiger partial charge in [0.05, 0.1) is 0 Å². The van der Waals surface area contributed by atoms with Gasteiger partial charge in [-0.15, -0.1) is 11.8 Å². The van der Waals surface area contributed by atoms with Crippen LogP contribution in [0.3, 0.4) is 0 Å². The molecule has 7 nitrogen and oxygen atoms in total. The molecule has 1 fully saturated rings. The lowest BCUT2D eigenvalue weighted by atomic mass is 10.0. The van der Waals surface area contributed by atoms with E-state index in [1.54, 1.807) is 16.7 Å². The molecule has 8 heteroatoms. The van der Waals surface area contributed by atoms with Gasteiger partial charge in [-0.2, -0.15) is 10.1 Å². The van der Waals surface area contributed by atoms with E-state index in [0.717, 1.165) is 5.56 Å². The highest BCUT2D eigenvalue weighted by atomic mass is 32.2. The van der Waals surface area contributed by atoms with Crippen molar-refractivity contribution >= 4 is 29.5 Å². The predicted molar refractivity (Wildman–Crippen MR) is 85.8 cm³/mol. The van der Waals surface area contributed by atoms with Gasteiger partial charge >= 0.3 is 0 Å². The second-order valence-corrected chi connectivity index (χ2v) is 7.83. The van der Waals surface area contributed by atoms with Gasteiger partial charge in [0.15, 0.2) is 0 Å². The third-order valence-corrected chi connectivity index (χ3v) is 5.74. The van der Waals surface area contributed by atoms with Crippen molar-refractivity contribution in [1.82, 2.24) is 20.1 Å². The van der Waals surface area contributed by atoms with Gasteiger partial charge in [-0.05, 0) is 25.5 Å². The summed E-state index contributed by atoms with van der Waals surface area (Å²) in [5.74, 6) is -0.0762. The fourth-order valence-corrected chi connectivity index (χ4v) is 4.84. The Hall–Kier alpha value is -2.35. The quantitative estimate of drug-likeness (QED) is 0.876. The van der Waals surface area contributed by atoms with Gasteiger partial charge in [0.25, 0.3) is 11.8 Å². The van der Waals surface area contributed by atoms with Crippen LogP contribution >= 0.6 is 11.8 Å². The molecule has 0 bridgehead atoms. The lowest BCUT2D eigenvalue weighted by Gasteiger charge is -2.29. The summed E-state index contributed by atoms with van der Waals surface area (Å²) in [6.07, 6.45) is 1.32. The highest BCUT2D eigenvalue weighted by Gasteiger charge is 2.57. The van der Waals surface area contributed by atoms with Crippen molar-refractivity contribution in [1.29, 1.82) is 0 Å². The largest absolute Gasteiger partial charge is 0.309 e. The highest BCUT2D eigenvalue weighted by Crippen LogP contribution is 2.56. The molecule has 0 saturated carbocycles. The Balaban J connectivity index is 1.70. The first-order valence-corrected chi connectivity index (χ1v) is 8.12. The Morgan fingerprint density at radius 2 is 2.17 bits per heavy atom. The first-order valence-electron chi connectivity index (χ1n) is 7.25. The van der Waals surface area contributed by atoms with Crippen molar-refractivity contribution in [3.8, 4) is 0 Å². The zero-order chi connectivity index (χ0) is 16.2. The van der Waals surface area contributed by atoms with E-state index in [9.17, 15) is 9.59 Å². The third kappa shape index (κ3) is 2.05. The van der Waals surface area contributed by atoms with E-state index in [1.165, 1.54) is 6.33 Å². The number of aromatic nitrogens is 3. The van der Waals surface area contributed by atoms with Gasteiger partial charge in [-0.25, -0.2) is 5.10 Å². The summed E-state index contributed by atoms with van der Waals surface area (Å²) in [7, 11) is 0. The van der Waals surface area contributed by atoms with E-state index < -0.39 is 10.8 Å². The topological polar surface area (TPSA) is 91.0 Å². The molecule has 0 aliphatic carbocycles. The van der Waals surface area contributed by atoms with Crippen molar-refractivity contribution < 1.29 is 9.59 Å². The summed E-state index contributed by atoms with van der Waals surface area (Å²) < 4.78 is -0.405. The van der Waals surface area contributed by atoms with Crippen LogP contribution in [0.15, 0.2) is 30.6 Å². The minimum Gasteiger partial charge on any atom is -0.309 e. The lowest BCUT2D eigenvalue weighted by Crippen LogP contribution is -2.50. The van der Waals surface area contributed by atoms with Crippen LogP contribution in [-0.4, -0.2) is 42.7 Å². The molecule has 2 aliphatic heterocycles. The SMILES string of the molecule is CC1(C)S[C@@H]2c3ccccc3C(=O)N2[C@H]1C(=O)Nc1ncn[nH]1. The maximum atomic E-state index is 12.8. The number of benzene rings is 1. The number of fused-ring (bicyclic) bond motifs is 3. The second kappa shape index (κ2) is 4.82. The highest BCUT2D eigenvalue weighted by molar-refractivity contribution is 8.01. The minimum absolute atomic E-state index is 0.0959. The normalized spacial score (nSPS) is 24.4. The van der Waals surface area contributed by atoms with Crippen molar-refractivity contribution in [2.45, 2.75) is 30.0 Å². The molecular weight excluding hydrogens is 314 g/mol. The molecule has 0 radical (unpaired) electrons. The maximum absolute atomic E-state index is 12.8. The first-order chi connectivity index (χ1) is 11.0. The Morgan fingerprint density at radius 1 is 1.39 bits per heavy atom. The predicted octanol–water partition coefficient (Wildman–Crippen LogP) is 1.79. The molecular formula is C15H15N5O2S. The van der Waals surface area contributed by atoms with Gasteiger partial charge in [-0.1, -0.05) is 18.2 Å². The summed E-state index contributed by atoms with van der Waals surface area (Å²) in [6.45, 7) is 3.97. The number of carbonyl (C=O) groups excluding carboxylic acids is 2. The molecule has 0 spiro atoms. The second-order valence-electron chi connectivity index (χ2n) is 6.10. The van der Waals surface area contributed by atoms with Gasteiger partial charge in [0.2, 0.25) is 5.95 Å². The number of nitrogens with zero attached hydrogens (tertiary/aromatic N) is 3. The molecule has 1 aromatic heterocycles. The number of amides is 2. The summed E-state index contributed by atoms with van der Waals surface area (Å²) in [4.78, 5) is 31.1. The smallest absolute Gasteiger partial charge is 0.256 e. The van der Waals surface area contributed by atoms with E-state index in [1.807, 2.05) is 38.1 Å². The number of H-pyrrole nitrogens is 1. The third-order valence-electron chi connectivity index (χ3n) is 4.20. The molecule has 1 aromatic carbocycles. The van der Waals surface area contributed by atoms with Crippen molar-refractivity contribution in [2.24, 2.45) is 0 Å². The van der Waals surface area contributed by atoms with Gasteiger partial charge < -0.3 is 4.90 Å². The van der Waals surface area contributed by atoms with Crippen molar-refractivity contribution in [2.75, 3.05) is 5.32 Å². The van der Waals surface area contributed by atoms with Crippen LogP contribution in [0, 0.1) is 0 Å². The Labute approximate surface area is 136 Å². The van der Waals surface area contributed by atoms with Crippen molar-refractivity contribution in [3.05, 3.63) is 41.7 Å². The molecule has 2 amide bonds. The van der Waals surface area contributed by atoms with E-state index in [2.05, 4.69) is 20.5 Å². The molecule has 23 heavy (non-hydrogen) atoms. The monoisotopic (exact) mass is 329 g/mol. The molecule has 2 aromatic rings. The number of rotatable bonds is 2. The van der Waals surface area contributed by atoms with E-state index >= 15 is 0 Å². The summed E-state index contributed by atoms with van der Waals surface area (Å²) in [5, 5.41) is 8.90. The zero-order valence-corrected chi connectivity index (χ0v) is 13.4. The number of hydrogen-bond donors (Lipinski definition) is 2. The van der Waals surface area contributed by atoms with Crippen LogP contribution in [-0.2, 0) is 4.79 Å². The van der Waals surface area contributed by atoms with Gasteiger partial charge in [0.1, 0.15) is 17.7 Å². The van der Waals surface area contributed by atoms with Crippen LogP contribution in [0.25, 0.3) is 0 Å². The Morgan fingerprint density at radius 3 is 2.91 bits per heavy atom. The van der Waals surface area contributed by atoms with Gasteiger partial charge in [0, 0.05) is 10.3 Å². The van der Waals surface area contributed by atoms with Crippen LogP contribution < -0.4 is 5.32 Å². The molecule has 2 atom stereocenters. The van der Waals surface area contributed by atoms with Gasteiger partial charge in [-0.3, -0.25) is 14.9 Å². The number of aromatic amines is 1. The lowest BCUT2D eigenvalue weighted by molar-refractivity contribution is -0.121. The molecule has 3 heterocycles. The number of nitrogens with one attached hydrogen (secondary N) is 2. The van der Waals surface area contributed by atoms with E-state index in [0.29, 0.717) is 5.56 Å². The Bertz CT molecular complexity index is 789. The molecule has 1 saturated heterocycles. The van der Waals surface area contributed by atoms with E-state index in [-0.39, 0.29) is 23.1 Å². The molecule has 118 valence electrons. The number of hydrogen-bond acceptors (Lipinski definition) is 5. The number of carbonyl (C=O) groups is 2. The summed E-state index contributed by atoms with van der Waals surface area (Å²) in [6, 6.07) is 6.96. The Kier molecular flexibility index (Phi) is 2.99. The minimum atomic E-state index is -0.581. The standard InChI is InChI=1S/C15H15N5O2S/c1-15(2)10(11(21)18-14-16-7-17-19-14)20-12(22)8-5-3-4-6-9(8)13(20)23-15/h3-7,10,13H,1-2H3,(H2,16,17,18,19,21)/t10-,13+/m0/s1. The molecule has 2 aliphatic rings. The fraction of sp³-hybridized carbons (Fsp3) is 0.333. The van der Waals surface area contributed by atoms with Crippen LogP contribution in [0.4, 0.5) is 5.95 Å². The summed E-state index contributed by atoms with van der Waals surface area (Å²) in [5.41, 5.74) is 1.66. The average Bonchev–Trinajstić information content (AvgIpc) is 3.16. The molecule has 4 rings (SSSR count). The number of thioether (sulfide) groups is 1. The van der Waals surface area contributed by atoms with Crippen LogP contribution in [0.1, 0.15) is 35.1 Å². The summed E-state index contributed by atoms with van der Waals surface area (Å²) >= 11 is 1.63. The average molecular weight is 329 g/mol. The number of anilines is 1. The zero-order valence-electron chi connectivity index (χ0n) is 12.6. The fourth-order valence-electron chi connectivity index (χ4n) is 3.26.